The summed E-state index contributed by atoms with van der Waals surface area (Å²) in [7, 11) is 1.61. The normalized spacial score (nSPS) is 17.9. The van der Waals surface area contributed by atoms with Crippen LogP contribution in [0.3, 0.4) is 0 Å². The van der Waals surface area contributed by atoms with E-state index in [2.05, 4.69) is 0 Å². The van der Waals surface area contributed by atoms with E-state index in [1.807, 2.05) is 24.3 Å². The molecule has 1 aromatic carbocycles. The molecule has 2 rings (SSSR count). The summed E-state index contributed by atoms with van der Waals surface area (Å²) >= 11 is 0. The van der Waals surface area contributed by atoms with Crippen molar-refractivity contribution in [3.63, 3.8) is 0 Å². The van der Waals surface area contributed by atoms with E-state index in [0.29, 0.717) is 25.7 Å². The summed E-state index contributed by atoms with van der Waals surface area (Å²) in [5.41, 5.74) is 0.266. The second-order valence-electron chi connectivity index (χ2n) is 4.86. The zero-order valence-electron chi connectivity index (χ0n) is 11.3. The summed E-state index contributed by atoms with van der Waals surface area (Å²) in [5.74, 6) is 0.676. The van der Waals surface area contributed by atoms with Crippen molar-refractivity contribution in [2.45, 2.75) is 38.2 Å². The number of ether oxygens (including phenoxy) is 2. The molecule has 0 unspecified atom stereocenters. The molecule has 0 aromatic heterocycles. The first-order chi connectivity index (χ1) is 9.05. The summed E-state index contributed by atoms with van der Waals surface area (Å²) in [6.07, 6.45) is 2.02. The van der Waals surface area contributed by atoms with Crippen LogP contribution in [0.15, 0.2) is 24.3 Å². The molecule has 19 heavy (non-hydrogen) atoms. The molecule has 1 saturated carbocycles. The van der Waals surface area contributed by atoms with Crippen LogP contribution in [0.5, 0.6) is 5.75 Å². The number of Topliss-reactive ketones (excluding diaryl/α,β-unsaturated/α-hetero) is 1. The van der Waals surface area contributed by atoms with Crippen LogP contribution in [0.25, 0.3) is 0 Å². The van der Waals surface area contributed by atoms with E-state index in [-0.39, 0.29) is 11.8 Å². The van der Waals surface area contributed by atoms with Crippen molar-refractivity contribution < 1.29 is 19.1 Å². The Bertz CT molecular complexity index is 465. The number of carbonyl (C=O) groups excluding carboxylic acids is 2. The molecule has 102 valence electrons. The maximum atomic E-state index is 11.4. The lowest BCUT2D eigenvalue weighted by Crippen LogP contribution is -2.36. The Kier molecular flexibility index (Phi) is 3.88. The highest BCUT2D eigenvalue weighted by Gasteiger charge is 2.39. The molecule has 0 aliphatic heterocycles. The summed E-state index contributed by atoms with van der Waals surface area (Å²) in [6.45, 7) is 1.40. The average Bonchev–Trinajstić information content (AvgIpc) is 2.41. The minimum absolute atomic E-state index is 0.233. The third kappa shape index (κ3) is 2.95. The lowest BCUT2D eigenvalue weighted by molar-refractivity contribution is -0.164. The summed E-state index contributed by atoms with van der Waals surface area (Å²) < 4.78 is 10.7. The fourth-order valence-electron chi connectivity index (χ4n) is 2.55. The summed E-state index contributed by atoms with van der Waals surface area (Å²) in [4.78, 5) is 22.8. The van der Waals surface area contributed by atoms with Gasteiger partial charge in [0, 0.05) is 19.8 Å². The van der Waals surface area contributed by atoms with Crippen LogP contribution in [-0.2, 0) is 19.9 Å². The van der Waals surface area contributed by atoms with Gasteiger partial charge >= 0.3 is 5.97 Å². The van der Waals surface area contributed by atoms with Gasteiger partial charge in [0.15, 0.2) is 0 Å². The maximum Gasteiger partial charge on any atom is 0.303 e. The van der Waals surface area contributed by atoms with Crippen LogP contribution in [0.1, 0.15) is 38.2 Å². The Hall–Kier alpha value is -1.84. The minimum atomic E-state index is -0.661. The van der Waals surface area contributed by atoms with Gasteiger partial charge in [-0.15, -0.1) is 0 Å². The standard InChI is InChI=1S/C15H18O4/c1-11(16)19-15(9-7-13(17)8-10-15)12-3-5-14(18-2)6-4-12/h3-6H,7-10H2,1-2H3. The molecule has 0 atom stereocenters. The first-order valence-corrected chi connectivity index (χ1v) is 6.41. The number of hydrogen-bond acceptors (Lipinski definition) is 4. The highest BCUT2D eigenvalue weighted by atomic mass is 16.6. The van der Waals surface area contributed by atoms with E-state index in [9.17, 15) is 9.59 Å². The third-order valence-corrected chi connectivity index (χ3v) is 3.57. The van der Waals surface area contributed by atoms with Gasteiger partial charge in [-0.2, -0.15) is 0 Å². The molecule has 0 saturated heterocycles. The number of ketones is 1. The number of carbonyl (C=O) groups is 2. The summed E-state index contributed by atoms with van der Waals surface area (Å²) in [5, 5.41) is 0. The van der Waals surface area contributed by atoms with Crippen LogP contribution in [0, 0.1) is 0 Å². The zero-order chi connectivity index (χ0) is 13.9. The van der Waals surface area contributed by atoms with Gasteiger partial charge in [-0.25, -0.2) is 0 Å². The Morgan fingerprint density at radius 2 is 1.74 bits per heavy atom. The molecular weight excluding hydrogens is 244 g/mol. The highest BCUT2D eigenvalue weighted by molar-refractivity contribution is 5.79. The van der Waals surface area contributed by atoms with Crippen molar-refractivity contribution in [1.82, 2.24) is 0 Å². The molecule has 0 N–H and O–H groups in total. The number of methoxy groups -OCH3 is 1. The third-order valence-electron chi connectivity index (χ3n) is 3.57. The predicted octanol–water partition coefficient (Wildman–Crippen LogP) is 2.60. The van der Waals surface area contributed by atoms with E-state index in [1.54, 1.807) is 7.11 Å². The lowest BCUT2D eigenvalue weighted by atomic mass is 9.79. The monoisotopic (exact) mass is 262 g/mol. The quantitative estimate of drug-likeness (QED) is 0.786. The molecule has 1 aromatic rings. The largest absolute Gasteiger partial charge is 0.497 e. The van der Waals surface area contributed by atoms with Crippen molar-refractivity contribution in [1.29, 1.82) is 0 Å². The van der Waals surface area contributed by atoms with E-state index < -0.39 is 5.60 Å². The van der Waals surface area contributed by atoms with Gasteiger partial charge < -0.3 is 9.47 Å². The second kappa shape index (κ2) is 5.43. The molecule has 4 nitrogen and oxygen atoms in total. The molecular formula is C15H18O4. The molecule has 0 spiro atoms. The first kappa shape index (κ1) is 13.6. The van der Waals surface area contributed by atoms with Crippen LogP contribution >= 0.6 is 0 Å². The molecule has 0 bridgehead atoms. The zero-order valence-corrected chi connectivity index (χ0v) is 11.3. The molecule has 4 heteroatoms. The lowest BCUT2D eigenvalue weighted by Gasteiger charge is -2.36. The van der Waals surface area contributed by atoms with E-state index in [4.69, 9.17) is 9.47 Å². The van der Waals surface area contributed by atoms with Crippen molar-refractivity contribution in [2.24, 2.45) is 0 Å². The summed E-state index contributed by atoms with van der Waals surface area (Å²) in [6, 6.07) is 7.49. The van der Waals surface area contributed by atoms with E-state index in [0.717, 1.165) is 11.3 Å². The molecule has 1 fully saturated rings. The van der Waals surface area contributed by atoms with Gasteiger partial charge in [0.1, 0.15) is 17.1 Å². The molecule has 1 aliphatic carbocycles. The van der Waals surface area contributed by atoms with Gasteiger partial charge in [0.05, 0.1) is 7.11 Å². The number of benzene rings is 1. The van der Waals surface area contributed by atoms with Gasteiger partial charge in [-0.3, -0.25) is 9.59 Å². The van der Waals surface area contributed by atoms with Gasteiger partial charge in [-0.1, -0.05) is 12.1 Å². The fraction of sp³-hybridized carbons (Fsp3) is 0.467. The maximum absolute atomic E-state index is 11.4. The number of esters is 1. The highest BCUT2D eigenvalue weighted by Crippen LogP contribution is 2.40. The smallest absolute Gasteiger partial charge is 0.303 e. The Morgan fingerprint density at radius 1 is 1.16 bits per heavy atom. The van der Waals surface area contributed by atoms with Crippen LogP contribution < -0.4 is 4.74 Å². The van der Waals surface area contributed by atoms with Crippen LogP contribution in [0.4, 0.5) is 0 Å². The van der Waals surface area contributed by atoms with E-state index in [1.165, 1.54) is 6.92 Å². The Balaban J connectivity index is 2.30. The fourth-order valence-corrected chi connectivity index (χ4v) is 2.55. The molecule has 1 aliphatic rings. The van der Waals surface area contributed by atoms with Crippen molar-refractivity contribution >= 4 is 11.8 Å². The molecule has 0 radical (unpaired) electrons. The van der Waals surface area contributed by atoms with Crippen LogP contribution in [0.2, 0.25) is 0 Å². The second-order valence-corrected chi connectivity index (χ2v) is 4.86. The van der Waals surface area contributed by atoms with Crippen molar-refractivity contribution in [2.75, 3.05) is 7.11 Å². The average molecular weight is 262 g/mol. The van der Waals surface area contributed by atoms with E-state index >= 15 is 0 Å². The van der Waals surface area contributed by atoms with Crippen molar-refractivity contribution in [3.8, 4) is 5.75 Å². The molecule has 0 amide bonds. The topological polar surface area (TPSA) is 52.6 Å². The number of hydrogen-bond donors (Lipinski definition) is 0. The van der Waals surface area contributed by atoms with Crippen molar-refractivity contribution in [3.05, 3.63) is 29.8 Å². The molecule has 0 heterocycles. The Labute approximate surface area is 112 Å². The van der Waals surface area contributed by atoms with Gasteiger partial charge in [0.2, 0.25) is 0 Å². The first-order valence-electron chi connectivity index (χ1n) is 6.41. The SMILES string of the molecule is COc1ccc(C2(OC(C)=O)CCC(=O)CC2)cc1. The number of rotatable bonds is 3. The Morgan fingerprint density at radius 3 is 2.21 bits per heavy atom. The van der Waals surface area contributed by atoms with Gasteiger partial charge in [0.25, 0.3) is 0 Å². The predicted molar refractivity (Wildman–Crippen MR) is 69.9 cm³/mol. The van der Waals surface area contributed by atoms with Crippen LogP contribution in [-0.4, -0.2) is 18.9 Å². The van der Waals surface area contributed by atoms with Gasteiger partial charge in [-0.05, 0) is 30.5 Å². The minimum Gasteiger partial charge on any atom is -0.497 e.